The van der Waals surface area contributed by atoms with Crippen molar-refractivity contribution in [3.05, 3.63) is 54.1 Å². The standard InChI is InChI=1S/C18H27N3/c1-3-13-19-17(16-9-5-4-6-10-16)11-7-8-12-18-20-14-15-21(18)2/h4-6,9-10,14-15,17,19H,3,7-8,11-13H2,1-2H3. The van der Waals surface area contributed by atoms with Crippen molar-refractivity contribution in [1.29, 1.82) is 0 Å². The third-order valence-corrected chi connectivity index (χ3v) is 3.91. The molecular weight excluding hydrogens is 258 g/mol. The number of hydrogen-bond donors (Lipinski definition) is 1. The van der Waals surface area contributed by atoms with E-state index in [9.17, 15) is 0 Å². The summed E-state index contributed by atoms with van der Waals surface area (Å²) in [6.45, 7) is 3.30. The lowest BCUT2D eigenvalue weighted by Crippen LogP contribution is -2.22. The fourth-order valence-electron chi connectivity index (χ4n) is 2.66. The number of unbranched alkanes of at least 4 members (excludes halogenated alkanes) is 1. The van der Waals surface area contributed by atoms with Gasteiger partial charge in [0.15, 0.2) is 0 Å². The highest BCUT2D eigenvalue weighted by Gasteiger charge is 2.10. The maximum Gasteiger partial charge on any atom is 0.108 e. The van der Waals surface area contributed by atoms with Crippen LogP contribution >= 0.6 is 0 Å². The minimum Gasteiger partial charge on any atom is -0.338 e. The molecule has 0 aliphatic rings. The van der Waals surface area contributed by atoms with Crippen molar-refractivity contribution >= 4 is 0 Å². The molecular formula is C18H27N3. The normalized spacial score (nSPS) is 12.5. The van der Waals surface area contributed by atoms with Gasteiger partial charge in [-0.15, -0.1) is 0 Å². The van der Waals surface area contributed by atoms with Crippen molar-refractivity contribution in [1.82, 2.24) is 14.9 Å². The van der Waals surface area contributed by atoms with Crippen molar-refractivity contribution in [3.63, 3.8) is 0 Å². The highest BCUT2D eigenvalue weighted by Crippen LogP contribution is 2.19. The van der Waals surface area contributed by atoms with Crippen molar-refractivity contribution < 1.29 is 0 Å². The molecule has 1 atom stereocenters. The van der Waals surface area contributed by atoms with E-state index in [2.05, 4.69) is 59.2 Å². The van der Waals surface area contributed by atoms with Crippen LogP contribution in [0.2, 0.25) is 0 Å². The molecule has 1 unspecified atom stereocenters. The third kappa shape index (κ3) is 5.01. The highest BCUT2D eigenvalue weighted by molar-refractivity contribution is 5.18. The number of rotatable bonds is 9. The Labute approximate surface area is 128 Å². The van der Waals surface area contributed by atoms with Gasteiger partial charge in [0, 0.05) is 31.9 Å². The second-order valence-electron chi connectivity index (χ2n) is 5.62. The van der Waals surface area contributed by atoms with Crippen LogP contribution in [0.5, 0.6) is 0 Å². The van der Waals surface area contributed by atoms with E-state index in [1.807, 2.05) is 12.4 Å². The van der Waals surface area contributed by atoms with E-state index in [0.29, 0.717) is 6.04 Å². The lowest BCUT2D eigenvalue weighted by Gasteiger charge is -2.19. The summed E-state index contributed by atoms with van der Waals surface area (Å²) in [4.78, 5) is 4.39. The van der Waals surface area contributed by atoms with Gasteiger partial charge in [0.2, 0.25) is 0 Å². The first-order valence-corrected chi connectivity index (χ1v) is 8.05. The summed E-state index contributed by atoms with van der Waals surface area (Å²) < 4.78 is 2.12. The zero-order valence-corrected chi connectivity index (χ0v) is 13.3. The second kappa shape index (κ2) is 8.63. The Morgan fingerprint density at radius 3 is 2.67 bits per heavy atom. The molecule has 0 spiro atoms. The smallest absolute Gasteiger partial charge is 0.108 e. The van der Waals surface area contributed by atoms with Crippen molar-refractivity contribution in [2.75, 3.05) is 6.54 Å². The lowest BCUT2D eigenvalue weighted by atomic mass is 10.00. The van der Waals surface area contributed by atoms with Gasteiger partial charge in [-0.2, -0.15) is 0 Å². The molecule has 1 aromatic heterocycles. The van der Waals surface area contributed by atoms with E-state index in [4.69, 9.17) is 0 Å². The SMILES string of the molecule is CCCNC(CCCCc1nccn1C)c1ccccc1. The predicted octanol–water partition coefficient (Wildman–Crippen LogP) is 3.87. The van der Waals surface area contributed by atoms with Gasteiger partial charge in [-0.1, -0.05) is 43.7 Å². The molecule has 1 N–H and O–H groups in total. The third-order valence-electron chi connectivity index (χ3n) is 3.91. The fourth-order valence-corrected chi connectivity index (χ4v) is 2.66. The van der Waals surface area contributed by atoms with Gasteiger partial charge in [-0.05, 0) is 31.4 Å². The molecule has 114 valence electrons. The number of nitrogens with one attached hydrogen (secondary N) is 1. The van der Waals surface area contributed by atoms with E-state index >= 15 is 0 Å². The van der Waals surface area contributed by atoms with Gasteiger partial charge in [0.1, 0.15) is 5.82 Å². The summed E-state index contributed by atoms with van der Waals surface area (Å²) in [6, 6.07) is 11.3. The molecule has 0 aliphatic heterocycles. The van der Waals surface area contributed by atoms with Gasteiger partial charge in [0.25, 0.3) is 0 Å². The first kappa shape index (κ1) is 15.8. The molecule has 21 heavy (non-hydrogen) atoms. The Morgan fingerprint density at radius 2 is 2.00 bits per heavy atom. The summed E-state index contributed by atoms with van der Waals surface area (Å²) in [6.07, 6.45) is 9.75. The average Bonchev–Trinajstić information content (AvgIpc) is 2.93. The zero-order valence-electron chi connectivity index (χ0n) is 13.3. The van der Waals surface area contributed by atoms with Gasteiger partial charge in [0.05, 0.1) is 0 Å². The van der Waals surface area contributed by atoms with E-state index in [0.717, 1.165) is 13.0 Å². The maximum atomic E-state index is 4.39. The van der Waals surface area contributed by atoms with Crippen LogP contribution in [-0.4, -0.2) is 16.1 Å². The van der Waals surface area contributed by atoms with Crippen LogP contribution in [0.3, 0.4) is 0 Å². The number of imidazole rings is 1. The molecule has 3 nitrogen and oxygen atoms in total. The topological polar surface area (TPSA) is 29.9 Å². The summed E-state index contributed by atoms with van der Waals surface area (Å²) in [5, 5.41) is 3.67. The van der Waals surface area contributed by atoms with Gasteiger partial charge in [-0.3, -0.25) is 0 Å². The Hall–Kier alpha value is -1.61. The molecule has 2 aromatic rings. The van der Waals surface area contributed by atoms with Crippen molar-refractivity contribution in [2.45, 2.75) is 45.1 Å². The Kier molecular flexibility index (Phi) is 6.48. The van der Waals surface area contributed by atoms with Crippen LogP contribution in [0.15, 0.2) is 42.7 Å². The molecule has 0 saturated heterocycles. The van der Waals surface area contributed by atoms with E-state index in [1.165, 1.54) is 37.1 Å². The average molecular weight is 285 g/mol. The number of aromatic nitrogens is 2. The van der Waals surface area contributed by atoms with Gasteiger partial charge < -0.3 is 9.88 Å². The van der Waals surface area contributed by atoms with Crippen LogP contribution in [0.1, 0.15) is 50.0 Å². The number of hydrogen-bond acceptors (Lipinski definition) is 2. The first-order chi connectivity index (χ1) is 10.3. The molecule has 2 rings (SSSR count). The Morgan fingerprint density at radius 1 is 1.19 bits per heavy atom. The summed E-state index contributed by atoms with van der Waals surface area (Å²) in [5.74, 6) is 1.19. The van der Waals surface area contributed by atoms with Crippen LogP contribution in [-0.2, 0) is 13.5 Å². The highest BCUT2D eigenvalue weighted by atomic mass is 15.0. The molecule has 0 aliphatic carbocycles. The van der Waals surface area contributed by atoms with Crippen molar-refractivity contribution in [2.24, 2.45) is 7.05 Å². The van der Waals surface area contributed by atoms with E-state index < -0.39 is 0 Å². The fraction of sp³-hybridized carbons (Fsp3) is 0.500. The first-order valence-electron chi connectivity index (χ1n) is 8.05. The lowest BCUT2D eigenvalue weighted by molar-refractivity contribution is 0.474. The van der Waals surface area contributed by atoms with E-state index in [-0.39, 0.29) is 0 Å². The zero-order chi connectivity index (χ0) is 14.9. The Balaban J connectivity index is 1.80. The molecule has 1 heterocycles. The molecule has 3 heteroatoms. The summed E-state index contributed by atoms with van der Waals surface area (Å²) >= 11 is 0. The van der Waals surface area contributed by atoms with Crippen LogP contribution in [0.25, 0.3) is 0 Å². The van der Waals surface area contributed by atoms with Crippen LogP contribution in [0.4, 0.5) is 0 Å². The molecule has 1 aromatic carbocycles. The van der Waals surface area contributed by atoms with Crippen LogP contribution in [0, 0.1) is 0 Å². The molecule has 0 radical (unpaired) electrons. The largest absolute Gasteiger partial charge is 0.338 e. The van der Waals surface area contributed by atoms with Gasteiger partial charge in [-0.25, -0.2) is 4.98 Å². The quantitative estimate of drug-likeness (QED) is 0.709. The molecule has 0 saturated carbocycles. The van der Waals surface area contributed by atoms with Gasteiger partial charge >= 0.3 is 0 Å². The predicted molar refractivity (Wildman–Crippen MR) is 88.2 cm³/mol. The van der Waals surface area contributed by atoms with Crippen LogP contribution < -0.4 is 5.32 Å². The summed E-state index contributed by atoms with van der Waals surface area (Å²) in [7, 11) is 2.07. The Bertz CT molecular complexity index is 504. The minimum atomic E-state index is 0.479. The second-order valence-corrected chi connectivity index (χ2v) is 5.62. The number of aryl methyl sites for hydroxylation is 2. The molecule has 0 fully saturated rings. The molecule has 0 amide bonds. The number of nitrogens with zero attached hydrogens (tertiary/aromatic N) is 2. The molecule has 0 bridgehead atoms. The minimum absolute atomic E-state index is 0.479. The maximum absolute atomic E-state index is 4.39. The number of benzene rings is 1. The van der Waals surface area contributed by atoms with Crippen molar-refractivity contribution in [3.8, 4) is 0 Å². The summed E-state index contributed by atoms with van der Waals surface area (Å²) in [5.41, 5.74) is 1.41. The van der Waals surface area contributed by atoms with E-state index in [1.54, 1.807) is 0 Å². The monoisotopic (exact) mass is 285 g/mol.